The number of hydrogen-bond acceptors (Lipinski definition) is 3. The van der Waals surface area contributed by atoms with Gasteiger partial charge in [0.25, 0.3) is 0 Å². The second-order valence-corrected chi connectivity index (χ2v) is 11.6. The molecule has 1 aliphatic heterocycles. The first-order chi connectivity index (χ1) is 10.9. The Morgan fingerprint density at radius 2 is 2.13 bits per heavy atom. The Morgan fingerprint density at radius 3 is 2.74 bits per heavy atom. The number of nitrogens with zero attached hydrogens (tertiary/aromatic N) is 1. The number of nitrogens with two attached hydrogens (primary N) is 1. The topological polar surface area (TPSA) is 66.6 Å². The van der Waals surface area contributed by atoms with E-state index in [1.54, 1.807) is 0 Å². The highest BCUT2D eigenvalue weighted by Crippen LogP contribution is 2.28. The van der Waals surface area contributed by atoms with E-state index in [9.17, 15) is 9.59 Å². The summed E-state index contributed by atoms with van der Waals surface area (Å²) in [5.41, 5.74) is 10.1. The number of carbonyl (C=O) groups excluding carboxylic acids is 1. The molecule has 6 heteroatoms. The number of hydrogen-bond donors (Lipinski definition) is 2. The number of amides is 1. The van der Waals surface area contributed by atoms with Crippen molar-refractivity contribution in [1.29, 1.82) is 0 Å². The lowest BCUT2D eigenvalue weighted by Crippen LogP contribution is -2.39. The van der Waals surface area contributed by atoms with Crippen LogP contribution in [-0.4, -0.2) is 51.1 Å². The second kappa shape index (κ2) is 8.27. The fourth-order valence-electron chi connectivity index (χ4n) is 2.88. The lowest BCUT2D eigenvalue weighted by Gasteiger charge is -2.33. The van der Waals surface area contributed by atoms with Crippen LogP contribution in [0.4, 0.5) is 4.79 Å². The highest BCUT2D eigenvalue weighted by molar-refractivity contribution is 6.81. The third-order valence-electron chi connectivity index (χ3n) is 4.21. The Balaban J connectivity index is 1.85. The molecule has 0 aliphatic carbocycles. The Bertz CT molecular complexity index is 564. The minimum Gasteiger partial charge on any atom is -0.428 e. The SMILES string of the molecule is C[Si](C)(O)/C=[CH]/[Al][C](=O)N1CCC(c2cccc(CN)c2)CC1. The molecule has 123 valence electrons. The molecule has 0 atom stereocenters. The fourth-order valence-corrected chi connectivity index (χ4v) is 5.78. The van der Waals surface area contributed by atoms with Gasteiger partial charge in [-0.05, 0) is 43.0 Å². The molecule has 1 amide bonds. The summed E-state index contributed by atoms with van der Waals surface area (Å²) < 4.78 is 0.244. The van der Waals surface area contributed by atoms with Crippen molar-refractivity contribution in [2.75, 3.05) is 13.1 Å². The lowest BCUT2D eigenvalue weighted by atomic mass is 9.89. The Morgan fingerprint density at radius 1 is 1.43 bits per heavy atom. The maximum atomic E-state index is 12.3. The predicted molar refractivity (Wildman–Crippen MR) is 97.9 cm³/mol. The van der Waals surface area contributed by atoms with E-state index in [1.807, 2.05) is 28.6 Å². The monoisotopic (exact) mass is 345 g/mol. The molecule has 1 fully saturated rings. The quantitative estimate of drug-likeness (QED) is 0.805. The normalized spacial score (nSPS) is 16.8. The van der Waals surface area contributed by atoms with Gasteiger partial charge in [0, 0.05) is 19.6 Å². The molecule has 0 unspecified atom stereocenters. The summed E-state index contributed by atoms with van der Waals surface area (Å²) in [6.07, 6.45) is 2.03. The lowest BCUT2D eigenvalue weighted by molar-refractivity contribution is 0.203. The molecule has 0 saturated carbocycles. The molecule has 1 aliphatic rings. The molecule has 1 saturated heterocycles. The first-order valence-corrected chi connectivity index (χ1v) is 12.5. The van der Waals surface area contributed by atoms with E-state index in [1.165, 1.54) is 11.1 Å². The molecule has 1 aromatic carbocycles. The molecule has 1 heterocycles. The van der Waals surface area contributed by atoms with E-state index in [0.717, 1.165) is 25.9 Å². The first kappa shape index (κ1) is 18.4. The summed E-state index contributed by atoms with van der Waals surface area (Å²) in [4.78, 5) is 25.9. The Labute approximate surface area is 146 Å². The van der Waals surface area contributed by atoms with E-state index in [0.29, 0.717) is 12.5 Å². The maximum absolute atomic E-state index is 12.3. The average molecular weight is 345 g/mol. The standard InChI is InChI=1S/C13H17N2O.C4H9OSi.Al/c14-9-11-2-1-3-13(8-11)12-4-6-15(10-16)7-5-12;1-4-6(2,3)5;/h1-3,8,12H,4-7,9,14H2;1,4-5H,2-3H3;. The maximum Gasteiger partial charge on any atom is 0.385 e. The Kier molecular flexibility index (Phi) is 6.63. The second-order valence-electron chi connectivity index (χ2n) is 6.73. The van der Waals surface area contributed by atoms with Gasteiger partial charge in [0.05, 0.1) is 0 Å². The van der Waals surface area contributed by atoms with E-state index in [2.05, 4.69) is 24.3 Å². The van der Waals surface area contributed by atoms with Crippen molar-refractivity contribution in [1.82, 2.24) is 4.90 Å². The molecule has 3 N–H and O–H groups in total. The summed E-state index contributed by atoms with van der Waals surface area (Å²) in [6.45, 7) is 5.95. The van der Waals surface area contributed by atoms with Crippen LogP contribution < -0.4 is 5.73 Å². The predicted octanol–water partition coefficient (Wildman–Crippen LogP) is 2.40. The highest BCUT2D eigenvalue weighted by atomic mass is 28.4. The summed E-state index contributed by atoms with van der Waals surface area (Å²) in [5.74, 6) is 0.528. The van der Waals surface area contributed by atoms with Crippen molar-refractivity contribution in [3.05, 3.63) is 46.0 Å². The molecule has 1 aromatic rings. The van der Waals surface area contributed by atoms with Crippen LogP contribution in [0.2, 0.25) is 13.1 Å². The van der Waals surface area contributed by atoms with Crippen LogP contribution in [0.3, 0.4) is 0 Å². The van der Waals surface area contributed by atoms with Gasteiger partial charge in [-0.1, -0.05) is 30.0 Å². The van der Waals surface area contributed by atoms with Gasteiger partial charge in [-0.3, -0.25) is 4.79 Å². The number of likely N-dealkylation sites (tertiary alicyclic amines) is 1. The van der Waals surface area contributed by atoms with Crippen LogP contribution in [0.1, 0.15) is 29.9 Å². The van der Waals surface area contributed by atoms with Gasteiger partial charge in [0.15, 0.2) is 0 Å². The largest absolute Gasteiger partial charge is 0.428 e. The molecule has 0 spiro atoms. The number of rotatable bonds is 5. The third kappa shape index (κ3) is 5.91. The van der Waals surface area contributed by atoms with Crippen LogP contribution >= 0.6 is 0 Å². The minimum absolute atomic E-state index is 0.244. The van der Waals surface area contributed by atoms with E-state index < -0.39 is 23.5 Å². The van der Waals surface area contributed by atoms with Crippen molar-refractivity contribution in [3.8, 4) is 0 Å². The van der Waals surface area contributed by atoms with Crippen molar-refractivity contribution in [2.24, 2.45) is 5.73 Å². The molecule has 0 aromatic heterocycles. The summed E-state index contributed by atoms with van der Waals surface area (Å²) in [6, 6.07) is 8.50. The number of carbonyl (C=O) groups is 1. The van der Waals surface area contributed by atoms with Crippen LogP contribution in [0.15, 0.2) is 34.9 Å². The van der Waals surface area contributed by atoms with Gasteiger partial charge in [-0.15, -0.1) is 4.94 Å². The van der Waals surface area contributed by atoms with E-state index >= 15 is 0 Å². The Hall–Kier alpha value is -0.901. The zero-order valence-corrected chi connectivity index (χ0v) is 16.2. The van der Waals surface area contributed by atoms with Crippen molar-refractivity contribution in [2.45, 2.75) is 38.4 Å². The van der Waals surface area contributed by atoms with Crippen LogP contribution in [0, 0.1) is 0 Å². The number of benzene rings is 1. The zero-order chi connectivity index (χ0) is 16.9. The van der Waals surface area contributed by atoms with Gasteiger partial charge in [0.1, 0.15) is 4.77 Å². The summed E-state index contributed by atoms with van der Waals surface area (Å²) in [5, 5.41) is 0. The first-order valence-electron chi connectivity index (χ1n) is 8.22. The van der Waals surface area contributed by atoms with E-state index in [4.69, 9.17) is 5.73 Å². The smallest absolute Gasteiger partial charge is 0.385 e. The summed E-state index contributed by atoms with van der Waals surface area (Å²) >= 11 is -0.391. The molecular formula is C17H26AlN2O2Si. The van der Waals surface area contributed by atoms with Gasteiger partial charge >= 0.3 is 15.2 Å². The minimum atomic E-state index is -2.18. The van der Waals surface area contributed by atoms with Crippen molar-refractivity contribution >= 4 is 28.3 Å². The molecule has 1 radical (unpaired) electrons. The van der Waals surface area contributed by atoms with Crippen molar-refractivity contribution in [3.63, 3.8) is 0 Å². The van der Waals surface area contributed by atoms with Crippen LogP contribution in [0.5, 0.6) is 0 Å². The highest BCUT2D eigenvalue weighted by Gasteiger charge is 2.23. The molecular weight excluding hydrogens is 319 g/mol. The molecule has 2 rings (SSSR count). The van der Waals surface area contributed by atoms with Gasteiger partial charge in [-0.25, -0.2) is 0 Å². The van der Waals surface area contributed by atoms with Gasteiger partial charge in [-0.2, -0.15) is 0 Å². The number of piperidine rings is 1. The van der Waals surface area contributed by atoms with Crippen LogP contribution in [-0.2, 0) is 6.54 Å². The summed E-state index contributed by atoms with van der Waals surface area (Å²) in [7, 11) is -2.18. The van der Waals surface area contributed by atoms with Crippen molar-refractivity contribution < 1.29 is 9.59 Å². The fraction of sp³-hybridized carbons (Fsp3) is 0.471. The molecule has 4 nitrogen and oxygen atoms in total. The van der Waals surface area contributed by atoms with Gasteiger partial charge in [0.2, 0.25) is 8.32 Å². The van der Waals surface area contributed by atoms with Crippen LogP contribution in [0.25, 0.3) is 0 Å². The van der Waals surface area contributed by atoms with Gasteiger partial charge < -0.3 is 15.4 Å². The molecule has 0 bridgehead atoms. The zero-order valence-electron chi connectivity index (χ0n) is 14.0. The average Bonchev–Trinajstić information content (AvgIpc) is 2.54. The molecule has 23 heavy (non-hydrogen) atoms. The van der Waals surface area contributed by atoms with E-state index in [-0.39, 0.29) is 4.77 Å². The third-order valence-corrected chi connectivity index (χ3v) is 6.64.